The van der Waals surface area contributed by atoms with Crippen molar-refractivity contribution >= 4 is 11.9 Å². The van der Waals surface area contributed by atoms with E-state index >= 15 is 0 Å². The number of aliphatic carboxylic acids is 1. The lowest BCUT2D eigenvalue weighted by Crippen LogP contribution is -2.67. The zero-order valence-electron chi connectivity index (χ0n) is 27.3. The van der Waals surface area contributed by atoms with Crippen molar-refractivity contribution in [2.45, 2.75) is 138 Å². The van der Waals surface area contributed by atoms with Crippen LogP contribution in [-0.4, -0.2) is 34.2 Å². The Morgan fingerprint density at radius 1 is 0.878 bits per heavy atom. The topological polar surface area (TPSA) is 86.6 Å². The number of allylic oxidation sites excluding steroid dienone is 1. The summed E-state index contributed by atoms with van der Waals surface area (Å²) < 4.78 is 0. The number of carboxylic acids is 1. The third-order valence-corrected chi connectivity index (χ3v) is 14.8. The number of carbonyl (C=O) groups excluding carboxylic acids is 1. The molecule has 1 amide bonds. The van der Waals surface area contributed by atoms with Crippen LogP contribution in [0.1, 0.15) is 126 Å². The lowest BCUT2D eigenvalue weighted by molar-refractivity contribution is -0.246. The molecule has 0 heterocycles. The molecule has 5 fully saturated rings. The molecule has 0 aromatic carbocycles. The summed E-state index contributed by atoms with van der Waals surface area (Å²) in [6.45, 7) is 23.0. The van der Waals surface area contributed by atoms with Gasteiger partial charge in [0.25, 0.3) is 0 Å². The van der Waals surface area contributed by atoms with Gasteiger partial charge in [-0.05, 0) is 135 Å². The number of carbonyl (C=O) groups is 2. The van der Waals surface area contributed by atoms with E-state index in [9.17, 15) is 19.8 Å². The Bertz CT molecular complexity index is 1080. The van der Waals surface area contributed by atoms with Crippen molar-refractivity contribution in [3.05, 3.63) is 12.2 Å². The number of fused-ring (bicyclic) bond motifs is 7. The van der Waals surface area contributed by atoms with E-state index in [-0.39, 0.29) is 45.5 Å². The van der Waals surface area contributed by atoms with Gasteiger partial charge in [-0.1, -0.05) is 60.6 Å². The van der Waals surface area contributed by atoms with E-state index < -0.39 is 17.4 Å². The van der Waals surface area contributed by atoms with E-state index in [0.717, 1.165) is 44.9 Å². The molecule has 0 spiro atoms. The lowest BCUT2D eigenvalue weighted by atomic mass is 9.32. The zero-order chi connectivity index (χ0) is 30.3. The number of aliphatic hydroxyl groups is 1. The molecule has 5 aliphatic carbocycles. The SMILES string of the molecule is C=C(C)[C@@H]1CC[C@]2(C(=O)NC(CC(C)C)C(=O)O)CC[C@]3(C)[C@H](CC[C@@H]4[C@@]5(C)CC[C@H](O)C(C)(C)[C@@H]5CC[C@]43C)[C@@H]12. The van der Waals surface area contributed by atoms with Gasteiger partial charge in [-0.3, -0.25) is 4.79 Å². The zero-order valence-corrected chi connectivity index (χ0v) is 27.3. The molecular weight excluding hydrogens is 510 g/mol. The first kappa shape index (κ1) is 31.1. The minimum Gasteiger partial charge on any atom is -0.480 e. The first-order valence-electron chi connectivity index (χ1n) is 16.8. The standard InChI is InChI=1S/C36H59NO4/c1-21(2)20-25(30(39)40)37-31(41)36-17-12-23(22(3)4)29(36)24-10-11-27-33(7)15-14-28(38)32(5,6)26(33)13-16-35(27,9)34(24,8)18-19-36/h21,23-29,38H,3,10-20H2,1-2,4-9H3,(H,37,41)(H,39,40)/t23-,24+,25?,26-,27+,28-,29+,33-,34+,35+,36-/m0/s1. The quantitative estimate of drug-likeness (QED) is 0.287. The minimum atomic E-state index is -0.923. The van der Waals surface area contributed by atoms with Gasteiger partial charge in [0.1, 0.15) is 6.04 Å². The van der Waals surface area contributed by atoms with Crippen molar-refractivity contribution < 1.29 is 19.8 Å². The van der Waals surface area contributed by atoms with E-state index in [1.165, 1.54) is 24.8 Å². The summed E-state index contributed by atoms with van der Waals surface area (Å²) in [5.74, 6) is 1.40. The molecule has 0 aromatic rings. The lowest BCUT2D eigenvalue weighted by Gasteiger charge is -2.72. The van der Waals surface area contributed by atoms with Crippen LogP contribution < -0.4 is 5.32 Å². The number of amides is 1. The number of hydrogen-bond donors (Lipinski definition) is 3. The van der Waals surface area contributed by atoms with Crippen LogP contribution in [0.4, 0.5) is 0 Å². The molecule has 5 saturated carbocycles. The van der Waals surface area contributed by atoms with Gasteiger partial charge in [-0.2, -0.15) is 0 Å². The summed E-state index contributed by atoms with van der Waals surface area (Å²) in [5.41, 5.74) is 1.17. The first-order chi connectivity index (χ1) is 19.0. The Morgan fingerprint density at radius 3 is 2.17 bits per heavy atom. The second-order valence-electron chi connectivity index (χ2n) is 17.2. The maximum atomic E-state index is 14.3. The third kappa shape index (κ3) is 4.32. The summed E-state index contributed by atoms with van der Waals surface area (Å²) in [6.07, 6.45) is 10.7. The highest BCUT2D eigenvalue weighted by molar-refractivity contribution is 5.88. The fourth-order valence-corrected chi connectivity index (χ4v) is 12.5. The van der Waals surface area contributed by atoms with Crippen molar-refractivity contribution in [1.82, 2.24) is 5.32 Å². The molecule has 0 aliphatic heterocycles. The van der Waals surface area contributed by atoms with Crippen LogP contribution in [0, 0.1) is 62.6 Å². The third-order valence-electron chi connectivity index (χ3n) is 14.8. The van der Waals surface area contributed by atoms with Gasteiger partial charge in [0.05, 0.1) is 11.5 Å². The van der Waals surface area contributed by atoms with Crippen LogP contribution in [0.15, 0.2) is 12.2 Å². The second-order valence-corrected chi connectivity index (χ2v) is 17.2. The average Bonchev–Trinajstić information content (AvgIpc) is 3.27. The Labute approximate surface area is 249 Å². The number of hydrogen-bond acceptors (Lipinski definition) is 3. The molecular formula is C36H59NO4. The maximum absolute atomic E-state index is 14.3. The highest BCUT2D eigenvalue weighted by Crippen LogP contribution is 2.77. The van der Waals surface area contributed by atoms with Crippen LogP contribution in [0.2, 0.25) is 0 Å². The number of nitrogens with one attached hydrogen (secondary N) is 1. The molecule has 41 heavy (non-hydrogen) atoms. The largest absolute Gasteiger partial charge is 0.480 e. The van der Waals surface area contributed by atoms with Gasteiger partial charge in [0.15, 0.2) is 0 Å². The summed E-state index contributed by atoms with van der Waals surface area (Å²) in [6, 6.07) is -0.830. The first-order valence-corrected chi connectivity index (χ1v) is 16.8. The van der Waals surface area contributed by atoms with Crippen molar-refractivity contribution in [3.63, 3.8) is 0 Å². The van der Waals surface area contributed by atoms with Crippen LogP contribution >= 0.6 is 0 Å². The van der Waals surface area contributed by atoms with Crippen molar-refractivity contribution in [2.75, 3.05) is 0 Å². The molecule has 5 heteroatoms. The predicted molar refractivity (Wildman–Crippen MR) is 164 cm³/mol. The Morgan fingerprint density at radius 2 is 1.56 bits per heavy atom. The summed E-state index contributed by atoms with van der Waals surface area (Å²) in [4.78, 5) is 26.5. The van der Waals surface area contributed by atoms with Crippen molar-refractivity contribution in [1.29, 1.82) is 0 Å². The van der Waals surface area contributed by atoms with Crippen LogP contribution in [0.5, 0.6) is 0 Å². The molecule has 5 nitrogen and oxygen atoms in total. The molecule has 0 radical (unpaired) electrons. The van der Waals surface area contributed by atoms with E-state index in [1.807, 2.05) is 13.8 Å². The van der Waals surface area contributed by atoms with Gasteiger partial charge in [0, 0.05) is 0 Å². The molecule has 3 N–H and O–H groups in total. The summed E-state index contributed by atoms with van der Waals surface area (Å²) >= 11 is 0. The molecule has 5 rings (SSSR count). The van der Waals surface area contributed by atoms with Gasteiger partial charge in [0.2, 0.25) is 5.91 Å². The van der Waals surface area contributed by atoms with Gasteiger partial charge < -0.3 is 15.5 Å². The van der Waals surface area contributed by atoms with Crippen LogP contribution in [0.3, 0.4) is 0 Å². The highest BCUT2D eigenvalue weighted by Gasteiger charge is 2.71. The summed E-state index contributed by atoms with van der Waals surface area (Å²) in [5, 5.41) is 24.1. The highest BCUT2D eigenvalue weighted by atomic mass is 16.4. The Balaban J connectivity index is 1.51. The molecule has 0 saturated heterocycles. The summed E-state index contributed by atoms with van der Waals surface area (Å²) in [7, 11) is 0. The van der Waals surface area contributed by atoms with E-state index in [2.05, 4.69) is 53.4 Å². The Hall–Kier alpha value is -1.36. The fraction of sp³-hybridized carbons (Fsp3) is 0.889. The normalized spacial score (nSPS) is 47.4. The van der Waals surface area contributed by atoms with E-state index in [4.69, 9.17) is 0 Å². The average molecular weight is 570 g/mol. The van der Waals surface area contributed by atoms with Crippen LogP contribution in [-0.2, 0) is 9.59 Å². The molecule has 0 bridgehead atoms. The smallest absolute Gasteiger partial charge is 0.326 e. The molecule has 11 atom stereocenters. The monoisotopic (exact) mass is 569 g/mol. The van der Waals surface area contributed by atoms with Gasteiger partial charge in [-0.15, -0.1) is 0 Å². The minimum absolute atomic E-state index is 0.00712. The van der Waals surface area contributed by atoms with Gasteiger partial charge >= 0.3 is 5.97 Å². The molecule has 5 aliphatic rings. The van der Waals surface area contributed by atoms with Gasteiger partial charge in [-0.25, -0.2) is 4.79 Å². The second kappa shape index (κ2) is 10.1. The number of aliphatic hydroxyl groups excluding tert-OH is 1. The maximum Gasteiger partial charge on any atom is 0.326 e. The van der Waals surface area contributed by atoms with E-state index in [0.29, 0.717) is 30.1 Å². The predicted octanol–water partition coefficient (Wildman–Crippen LogP) is 7.62. The molecule has 232 valence electrons. The fourth-order valence-electron chi connectivity index (χ4n) is 12.5. The van der Waals surface area contributed by atoms with Crippen molar-refractivity contribution in [2.24, 2.45) is 62.6 Å². The van der Waals surface area contributed by atoms with Crippen molar-refractivity contribution in [3.8, 4) is 0 Å². The number of rotatable bonds is 6. The molecule has 1 unspecified atom stereocenters. The number of carboxylic acid groups (broad SMARTS) is 1. The molecule has 0 aromatic heterocycles. The Kier molecular flexibility index (Phi) is 7.65. The van der Waals surface area contributed by atoms with Crippen LogP contribution in [0.25, 0.3) is 0 Å². The van der Waals surface area contributed by atoms with E-state index in [1.54, 1.807) is 0 Å².